The number of thiazole rings is 1. The van der Waals surface area contributed by atoms with Gasteiger partial charge in [0.05, 0.1) is 17.2 Å². The number of benzene rings is 1. The normalized spacial score (nSPS) is 12.7. The Kier molecular flexibility index (Phi) is 4.34. The van der Waals surface area contributed by atoms with E-state index in [4.69, 9.17) is 5.84 Å². The molecule has 2 rings (SSSR count). The van der Waals surface area contributed by atoms with Gasteiger partial charge >= 0.3 is 0 Å². The molecule has 2 aromatic rings. The second kappa shape index (κ2) is 5.82. The fraction of sp³-hybridized carbons (Fsp3) is 0.400. The van der Waals surface area contributed by atoms with Crippen molar-refractivity contribution in [2.45, 2.75) is 40.2 Å². The van der Waals surface area contributed by atoms with Crippen molar-refractivity contribution in [1.29, 1.82) is 0 Å². The summed E-state index contributed by atoms with van der Waals surface area (Å²) in [6, 6.07) is 4.60. The van der Waals surface area contributed by atoms with E-state index in [2.05, 4.69) is 43.3 Å². The zero-order valence-corrected chi connectivity index (χ0v) is 12.8. The lowest BCUT2D eigenvalue weighted by Gasteiger charge is -2.18. The zero-order chi connectivity index (χ0) is 14.0. The summed E-state index contributed by atoms with van der Waals surface area (Å²) in [5.74, 6) is 5.74. The van der Waals surface area contributed by atoms with Gasteiger partial charge in [0.15, 0.2) is 0 Å². The van der Waals surface area contributed by atoms with E-state index in [-0.39, 0.29) is 6.04 Å². The summed E-state index contributed by atoms with van der Waals surface area (Å²) in [6.45, 7) is 8.51. The minimum absolute atomic E-state index is 0.132. The average Bonchev–Trinajstić information content (AvgIpc) is 2.75. The number of rotatable bonds is 4. The van der Waals surface area contributed by atoms with Crippen LogP contribution < -0.4 is 11.3 Å². The van der Waals surface area contributed by atoms with Crippen molar-refractivity contribution in [2.75, 3.05) is 0 Å². The number of nitrogens with zero attached hydrogens (tertiary/aromatic N) is 1. The molecule has 0 aliphatic heterocycles. The quantitative estimate of drug-likeness (QED) is 0.666. The topological polar surface area (TPSA) is 50.9 Å². The molecule has 0 spiro atoms. The van der Waals surface area contributed by atoms with Crippen LogP contribution in [0.15, 0.2) is 17.6 Å². The number of hydrogen-bond donors (Lipinski definition) is 2. The molecule has 0 aliphatic carbocycles. The van der Waals surface area contributed by atoms with Crippen LogP contribution in [0, 0.1) is 27.7 Å². The van der Waals surface area contributed by atoms with E-state index < -0.39 is 0 Å². The molecule has 0 saturated heterocycles. The Hall–Kier alpha value is -1.23. The van der Waals surface area contributed by atoms with Gasteiger partial charge in [-0.25, -0.2) is 4.98 Å². The third kappa shape index (κ3) is 3.03. The van der Waals surface area contributed by atoms with Gasteiger partial charge in [-0.2, -0.15) is 0 Å². The first kappa shape index (κ1) is 14.2. The summed E-state index contributed by atoms with van der Waals surface area (Å²) >= 11 is 1.66. The second-order valence-electron chi connectivity index (χ2n) is 5.10. The number of nitrogens with one attached hydrogen (secondary N) is 1. The fourth-order valence-corrected chi connectivity index (χ4v) is 3.47. The lowest BCUT2D eigenvalue weighted by Crippen LogP contribution is -2.29. The maximum Gasteiger partial charge on any atom is 0.0798 e. The monoisotopic (exact) mass is 275 g/mol. The highest BCUT2D eigenvalue weighted by atomic mass is 32.1. The van der Waals surface area contributed by atoms with E-state index in [9.17, 15) is 0 Å². The average molecular weight is 275 g/mol. The molecule has 0 bridgehead atoms. The number of hydrogen-bond acceptors (Lipinski definition) is 4. The summed E-state index contributed by atoms with van der Waals surface area (Å²) in [7, 11) is 0. The van der Waals surface area contributed by atoms with Crippen molar-refractivity contribution in [3.63, 3.8) is 0 Å². The summed E-state index contributed by atoms with van der Waals surface area (Å²) in [4.78, 5) is 5.53. The van der Waals surface area contributed by atoms with Gasteiger partial charge in [-0.05, 0) is 50.8 Å². The van der Waals surface area contributed by atoms with Crippen LogP contribution in [0.5, 0.6) is 0 Å². The van der Waals surface area contributed by atoms with E-state index in [1.165, 1.54) is 27.1 Å². The first-order valence-electron chi connectivity index (χ1n) is 6.45. The summed E-state index contributed by atoms with van der Waals surface area (Å²) in [6.07, 6.45) is 0.900. The fourth-order valence-electron chi connectivity index (χ4n) is 2.61. The lowest BCUT2D eigenvalue weighted by atomic mass is 9.94. The highest BCUT2D eigenvalue weighted by Crippen LogP contribution is 2.27. The molecule has 0 aliphatic rings. The Bertz CT molecular complexity index is 552. The molecule has 4 heteroatoms. The molecule has 1 heterocycles. The van der Waals surface area contributed by atoms with Crippen LogP contribution >= 0.6 is 11.3 Å². The SMILES string of the molecule is Cc1cc(C)c(CC(NN)c2scnc2C)c(C)c1. The van der Waals surface area contributed by atoms with Crippen LogP contribution in [-0.4, -0.2) is 4.98 Å². The van der Waals surface area contributed by atoms with E-state index in [0.717, 1.165) is 12.1 Å². The minimum Gasteiger partial charge on any atom is -0.271 e. The molecule has 19 heavy (non-hydrogen) atoms. The highest BCUT2D eigenvalue weighted by molar-refractivity contribution is 7.09. The van der Waals surface area contributed by atoms with Gasteiger partial charge in [0.25, 0.3) is 0 Å². The van der Waals surface area contributed by atoms with Crippen molar-refractivity contribution in [3.05, 3.63) is 50.5 Å². The molecule has 0 saturated carbocycles. The number of nitrogens with two attached hydrogens (primary N) is 1. The summed E-state index contributed by atoms with van der Waals surface area (Å²) < 4.78 is 0. The maximum absolute atomic E-state index is 5.74. The smallest absolute Gasteiger partial charge is 0.0798 e. The van der Waals surface area contributed by atoms with Crippen molar-refractivity contribution in [1.82, 2.24) is 10.4 Å². The van der Waals surface area contributed by atoms with Crippen molar-refractivity contribution in [2.24, 2.45) is 5.84 Å². The molecule has 3 N–H and O–H groups in total. The second-order valence-corrected chi connectivity index (χ2v) is 5.99. The van der Waals surface area contributed by atoms with Crippen molar-refractivity contribution in [3.8, 4) is 0 Å². The molecule has 0 fully saturated rings. The predicted octanol–water partition coefficient (Wildman–Crippen LogP) is 3.12. The molecule has 102 valence electrons. The van der Waals surface area contributed by atoms with Crippen molar-refractivity contribution >= 4 is 11.3 Å². The molecule has 0 radical (unpaired) electrons. The van der Waals surface area contributed by atoms with E-state index >= 15 is 0 Å². The number of hydrazine groups is 1. The van der Waals surface area contributed by atoms with Gasteiger partial charge in [-0.3, -0.25) is 11.3 Å². The van der Waals surface area contributed by atoms with Crippen LogP contribution in [0.3, 0.4) is 0 Å². The Labute approximate surface area is 118 Å². The minimum atomic E-state index is 0.132. The van der Waals surface area contributed by atoms with E-state index in [0.29, 0.717) is 0 Å². The first-order valence-corrected chi connectivity index (χ1v) is 7.33. The van der Waals surface area contributed by atoms with Gasteiger partial charge in [0, 0.05) is 4.88 Å². The predicted molar refractivity (Wildman–Crippen MR) is 81.3 cm³/mol. The van der Waals surface area contributed by atoms with E-state index in [1.807, 2.05) is 12.4 Å². The summed E-state index contributed by atoms with van der Waals surface area (Å²) in [5.41, 5.74) is 11.2. The zero-order valence-electron chi connectivity index (χ0n) is 11.9. The van der Waals surface area contributed by atoms with Crippen LogP contribution in [-0.2, 0) is 6.42 Å². The molecule has 0 amide bonds. The highest BCUT2D eigenvalue weighted by Gasteiger charge is 2.17. The Morgan fingerprint density at radius 2 is 1.84 bits per heavy atom. The Morgan fingerprint density at radius 1 is 1.21 bits per heavy atom. The van der Waals surface area contributed by atoms with Crippen LogP contribution in [0.2, 0.25) is 0 Å². The van der Waals surface area contributed by atoms with Gasteiger partial charge in [-0.1, -0.05) is 17.7 Å². The molecular formula is C15H21N3S. The largest absolute Gasteiger partial charge is 0.271 e. The summed E-state index contributed by atoms with van der Waals surface area (Å²) in [5, 5.41) is 0. The third-order valence-electron chi connectivity index (χ3n) is 3.55. The third-order valence-corrected chi connectivity index (χ3v) is 4.59. The standard InChI is InChI=1S/C15H21N3S/c1-9-5-10(2)13(11(3)6-9)7-14(18-16)15-12(4)17-8-19-15/h5-6,8,14,18H,7,16H2,1-4H3. The number of aryl methyl sites for hydroxylation is 4. The van der Waals surface area contributed by atoms with Gasteiger partial charge in [-0.15, -0.1) is 11.3 Å². The van der Waals surface area contributed by atoms with Gasteiger partial charge in [0.2, 0.25) is 0 Å². The Balaban J connectivity index is 2.32. The maximum atomic E-state index is 5.74. The van der Waals surface area contributed by atoms with Crippen molar-refractivity contribution < 1.29 is 0 Å². The van der Waals surface area contributed by atoms with Crippen LogP contribution in [0.25, 0.3) is 0 Å². The molecule has 1 atom stereocenters. The Morgan fingerprint density at radius 3 is 2.32 bits per heavy atom. The first-order chi connectivity index (χ1) is 9.02. The van der Waals surface area contributed by atoms with E-state index in [1.54, 1.807) is 11.3 Å². The molecule has 1 unspecified atom stereocenters. The van der Waals surface area contributed by atoms with Gasteiger partial charge < -0.3 is 0 Å². The lowest BCUT2D eigenvalue weighted by molar-refractivity contribution is 0.554. The molecular weight excluding hydrogens is 254 g/mol. The number of aromatic nitrogens is 1. The molecule has 1 aromatic heterocycles. The molecule has 1 aromatic carbocycles. The van der Waals surface area contributed by atoms with Crippen LogP contribution in [0.1, 0.15) is 38.9 Å². The van der Waals surface area contributed by atoms with Crippen LogP contribution in [0.4, 0.5) is 0 Å². The molecule has 3 nitrogen and oxygen atoms in total. The van der Waals surface area contributed by atoms with Gasteiger partial charge in [0.1, 0.15) is 0 Å².